The van der Waals surface area contributed by atoms with Crippen molar-refractivity contribution < 1.29 is 14.3 Å². The zero-order chi connectivity index (χ0) is 15.9. The summed E-state index contributed by atoms with van der Waals surface area (Å²) < 4.78 is 13.1. The molecule has 22 heavy (non-hydrogen) atoms. The van der Waals surface area contributed by atoms with Crippen molar-refractivity contribution in [2.24, 2.45) is 0 Å². The zero-order valence-corrected chi connectivity index (χ0v) is 11.8. The molecule has 0 saturated carbocycles. The second-order valence-corrected chi connectivity index (χ2v) is 4.85. The molecule has 112 valence electrons. The van der Waals surface area contributed by atoms with E-state index in [4.69, 9.17) is 5.26 Å². The van der Waals surface area contributed by atoms with Crippen LogP contribution in [0, 0.1) is 17.1 Å². The van der Waals surface area contributed by atoms with E-state index in [0.717, 1.165) is 5.56 Å². The van der Waals surface area contributed by atoms with Gasteiger partial charge < -0.3 is 10.4 Å². The smallest absolute Gasteiger partial charge is 0.227 e. The second-order valence-electron chi connectivity index (χ2n) is 4.85. The number of benzene rings is 2. The van der Waals surface area contributed by atoms with Gasteiger partial charge in [-0.05, 0) is 35.4 Å². The molecule has 0 fully saturated rings. The van der Waals surface area contributed by atoms with E-state index in [1.807, 2.05) is 6.07 Å². The zero-order valence-electron chi connectivity index (χ0n) is 11.8. The van der Waals surface area contributed by atoms with Gasteiger partial charge in [0, 0.05) is 5.69 Å². The molecule has 2 rings (SSSR count). The first-order valence-corrected chi connectivity index (χ1v) is 6.78. The van der Waals surface area contributed by atoms with Crippen molar-refractivity contribution in [3.8, 4) is 6.07 Å². The normalized spacial score (nSPS) is 11.5. The van der Waals surface area contributed by atoms with Gasteiger partial charge in [-0.2, -0.15) is 5.26 Å². The number of amides is 1. The van der Waals surface area contributed by atoms with Crippen LogP contribution < -0.4 is 5.32 Å². The van der Waals surface area contributed by atoms with Crippen LogP contribution in [-0.4, -0.2) is 11.0 Å². The maximum Gasteiger partial charge on any atom is 0.227 e. The van der Waals surface area contributed by atoms with Crippen molar-refractivity contribution in [2.45, 2.75) is 18.9 Å². The predicted octanol–water partition coefficient (Wildman–Crippen LogP) is 2.95. The first kappa shape index (κ1) is 15.7. The summed E-state index contributed by atoms with van der Waals surface area (Å²) >= 11 is 0. The Hall–Kier alpha value is -2.71. The highest BCUT2D eigenvalue weighted by atomic mass is 19.1. The highest BCUT2D eigenvalue weighted by Gasteiger charge is 2.13. The van der Waals surface area contributed by atoms with Crippen LogP contribution in [0.4, 0.5) is 10.1 Å². The lowest BCUT2D eigenvalue weighted by Crippen LogP contribution is -2.15. The van der Waals surface area contributed by atoms with Crippen molar-refractivity contribution in [1.82, 2.24) is 0 Å². The van der Waals surface area contributed by atoms with E-state index in [9.17, 15) is 14.3 Å². The monoisotopic (exact) mass is 298 g/mol. The van der Waals surface area contributed by atoms with Crippen LogP contribution in [0.1, 0.15) is 23.7 Å². The molecule has 0 bridgehead atoms. The number of aliphatic hydroxyl groups excluding tert-OH is 1. The first-order chi connectivity index (χ1) is 10.6. The van der Waals surface area contributed by atoms with Crippen LogP contribution in [0.3, 0.4) is 0 Å². The number of carbonyl (C=O) groups excluding carboxylic acids is 1. The molecule has 1 amide bonds. The molecule has 0 aliphatic carbocycles. The Morgan fingerprint density at radius 2 is 2.00 bits per heavy atom. The Balaban J connectivity index is 1.93. The third kappa shape index (κ3) is 4.40. The molecule has 5 heteroatoms. The molecular formula is C17H15FN2O2. The summed E-state index contributed by atoms with van der Waals surface area (Å²) in [5.41, 5.74) is 1.80. The number of aliphatic hydroxyl groups is 1. The number of nitrogens with zero attached hydrogens (tertiary/aromatic N) is 1. The van der Waals surface area contributed by atoms with Crippen LogP contribution in [0.15, 0.2) is 48.5 Å². The first-order valence-electron chi connectivity index (χ1n) is 6.78. The van der Waals surface area contributed by atoms with E-state index >= 15 is 0 Å². The molecule has 1 unspecified atom stereocenters. The quantitative estimate of drug-likeness (QED) is 0.891. The number of nitriles is 1. The lowest BCUT2D eigenvalue weighted by molar-refractivity contribution is -0.118. The summed E-state index contributed by atoms with van der Waals surface area (Å²) in [6, 6.07) is 14.5. The van der Waals surface area contributed by atoms with Crippen LogP contribution in [0.5, 0.6) is 0 Å². The summed E-state index contributed by atoms with van der Waals surface area (Å²) in [4.78, 5) is 11.9. The van der Waals surface area contributed by atoms with Gasteiger partial charge in [0.2, 0.25) is 5.91 Å². The van der Waals surface area contributed by atoms with Gasteiger partial charge in [-0.15, -0.1) is 0 Å². The van der Waals surface area contributed by atoms with E-state index < -0.39 is 11.9 Å². The molecule has 0 aliphatic heterocycles. The molecule has 0 aliphatic rings. The molecule has 0 saturated heterocycles. The molecule has 2 aromatic carbocycles. The molecule has 1 atom stereocenters. The van der Waals surface area contributed by atoms with Crippen molar-refractivity contribution in [2.75, 3.05) is 5.32 Å². The summed E-state index contributed by atoms with van der Waals surface area (Å²) in [5.74, 6) is -0.824. The van der Waals surface area contributed by atoms with E-state index in [-0.39, 0.29) is 12.3 Å². The van der Waals surface area contributed by atoms with E-state index in [1.165, 1.54) is 18.2 Å². The fraction of sp³-hybridized carbons (Fsp3) is 0.176. The third-order valence-electron chi connectivity index (χ3n) is 3.13. The number of anilines is 1. The highest BCUT2D eigenvalue weighted by Crippen LogP contribution is 2.18. The average Bonchev–Trinajstić information content (AvgIpc) is 2.49. The minimum absolute atomic E-state index is 0.163. The van der Waals surface area contributed by atoms with E-state index in [1.54, 1.807) is 30.3 Å². The number of halogens is 1. The number of hydrogen-bond acceptors (Lipinski definition) is 3. The number of rotatable bonds is 5. The highest BCUT2D eigenvalue weighted by molar-refractivity contribution is 5.91. The van der Waals surface area contributed by atoms with Gasteiger partial charge >= 0.3 is 0 Å². The number of carbonyl (C=O) groups is 1. The third-order valence-corrected chi connectivity index (χ3v) is 3.13. The molecule has 4 nitrogen and oxygen atoms in total. The fourth-order valence-electron chi connectivity index (χ4n) is 2.02. The maximum atomic E-state index is 13.1. The number of hydrogen-bond donors (Lipinski definition) is 2. The molecule has 0 heterocycles. The van der Waals surface area contributed by atoms with Crippen molar-refractivity contribution in [3.05, 3.63) is 65.5 Å². The largest absolute Gasteiger partial charge is 0.388 e. The van der Waals surface area contributed by atoms with Gasteiger partial charge in [-0.25, -0.2) is 4.39 Å². The second kappa shape index (κ2) is 7.34. The maximum absolute atomic E-state index is 13.1. The Bertz CT molecular complexity index is 693. The van der Waals surface area contributed by atoms with Gasteiger partial charge in [0.25, 0.3) is 0 Å². The summed E-state index contributed by atoms with van der Waals surface area (Å²) in [5, 5.41) is 21.2. The Labute approximate surface area is 127 Å². The molecule has 0 aromatic heterocycles. The van der Waals surface area contributed by atoms with Gasteiger partial charge in [0.1, 0.15) is 5.82 Å². The molecule has 0 spiro atoms. The Morgan fingerprint density at radius 3 is 2.64 bits per heavy atom. The van der Waals surface area contributed by atoms with Crippen LogP contribution in [-0.2, 0) is 11.2 Å². The SMILES string of the molecule is N#CCc1ccc(NC(=O)CC(O)c2cccc(F)c2)cc1. The van der Waals surface area contributed by atoms with Crippen molar-refractivity contribution in [1.29, 1.82) is 5.26 Å². The Morgan fingerprint density at radius 1 is 1.27 bits per heavy atom. The number of nitrogens with one attached hydrogen (secondary N) is 1. The summed E-state index contributed by atoms with van der Waals surface area (Å²) in [6.07, 6.45) is -0.913. The van der Waals surface area contributed by atoms with E-state index in [2.05, 4.69) is 5.32 Å². The fourth-order valence-corrected chi connectivity index (χ4v) is 2.02. The van der Waals surface area contributed by atoms with Gasteiger partial charge in [-0.3, -0.25) is 4.79 Å². The summed E-state index contributed by atoms with van der Waals surface area (Å²) in [6.45, 7) is 0. The summed E-state index contributed by atoms with van der Waals surface area (Å²) in [7, 11) is 0. The molecule has 2 N–H and O–H groups in total. The van der Waals surface area contributed by atoms with Crippen LogP contribution >= 0.6 is 0 Å². The minimum Gasteiger partial charge on any atom is -0.388 e. The average molecular weight is 298 g/mol. The van der Waals surface area contributed by atoms with Crippen molar-refractivity contribution >= 4 is 11.6 Å². The lowest BCUT2D eigenvalue weighted by Gasteiger charge is -2.11. The van der Waals surface area contributed by atoms with Crippen molar-refractivity contribution in [3.63, 3.8) is 0 Å². The predicted molar refractivity (Wildman–Crippen MR) is 80.4 cm³/mol. The standard InChI is InChI=1S/C17H15FN2O2/c18-14-3-1-2-13(10-14)16(21)11-17(22)20-15-6-4-12(5-7-15)8-9-19/h1-7,10,16,21H,8,11H2,(H,20,22). The lowest BCUT2D eigenvalue weighted by atomic mass is 10.1. The van der Waals surface area contributed by atoms with Gasteiger partial charge in [-0.1, -0.05) is 24.3 Å². The van der Waals surface area contributed by atoms with E-state index in [0.29, 0.717) is 17.7 Å². The molecule has 2 aromatic rings. The minimum atomic E-state index is -1.06. The molecular weight excluding hydrogens is 283 g/mol. The molecule has 0 radical (unpaired) electrons. The van der Waals surface area contributed by atoms with Crippen LogP contribution in [0.25, 0.3) is 0 Å². The van der Waals surface area contributed by atoms with Gasteiger partial charge in [0.15, 0.2) is 0 Å². The Kier molecular flexibility index (Phi) is 5.23. The van der Waals surface area contributed by atoms with Gasteiger partial charge in [0.05, 0.1) is 25.0 Å². The van der Waals surface area contributed by atoms with Crippen LogP contribution in [0.2, 0.25) is 0 Å². The topological polar surface area (TPSA) is 73.1 Å².